The van der Waals surface area contributed by atoms with Crippen LogP contribution < -0.4 is 0 Å². The Hall–Kier alpha value is -2.29. The summed E-state index contributed by atoms with van der Waals surface area (Å²) in [5, 5.41) is 0. The second-order valence-electron chi connectivity index (χ2n) is 4.22. The molecular weight excluding hydrogens is 226 g/mol. The van der Waals surface area contributed by atoms with Crippen molar-refractivity contribution < 1.29 is 8.83 Å². The highest BCUT2D eigenvalue weighted by atomic mass is 16.4. The van der Waals surface area contributed by atoms with Crippen LogP contribution >= 0.6 is 0 Å². The number of furan rings is 1. The third-order valence-corrected chi connectivity index (χ3v) is 2.94. The molecule has 0 unspecified atom stereocenters. The smallest absolute Gasteiger partial charge is 0.226 e. The summed E-state index contributed by atoms with van der Waals surface area (Å²) in [6, 6.07) is 11.8. The summed E-state index contributed by atoms with van der Waals surface area (Å²) >= 11 is 0. The Kier molecular flexibility index (Phi) is 2.52. The van der Waals surface area contributed by atoms with E-state index in [1.807, 2.05) is 50.2 Å². The maximum Gasteiger partial charge on any atom is 0.226 e. The summed E-state index contributed by atoms with van der Waals surface area (Å²) in [6.45, 7) is 3.86. The molecule has 0 atom stereocenters. The molecular formula is C15H13NO2. The summed E-state index contributed by atoms with van der Waals surface area (Å²) in [5.41, 5.74) is 2.90. The molecule has 0 aliphatic heterocycles. The lowest BCUT2D eigenvalue weighted by Gasteiger charge is -1.99. The van der Waals surface area contributed by atoms with Crippen molar-refractivity contribution in [2.24, 2.45) is 0 Å². The molecule has 2 aromatic heterocycles. The number of hydrogen-bond acceptors (Lipinski definition) is 3. The van der Waals surface area contributed by atoms with Crippen molar-refractivity contribution in [3.63, 3.8) is 0 Å². The van der Waals surface area contributed by atoms with Crippen molar-refractivity contribution in [3.8, 4) is 22.8 Å². The quantitative estimate of drug-likeness (QED) is 0.672. The number of aromatic nitrogens is 1. The predicted molar refractivity (Wildman–Crippen MR) is 69.1 cm³/mol. The molecule has 0 aliphatic rings. The van der Waals surface area contributed by atoms with E-state index >= 15 is 0 Å². The van der Waals surface area contributed by atoms with Crippen molar-refractivity contribution in [1.29, 1.82) is 0 Å². The van der Waals surface area contributed by atoms with Gasteiger partial charge in [-0.2, -0.15) is 0 Å². The Bertz CT molecular complexity index is 646. The molecule has 0 bridgehead atoms. The SMILES string of the molecule is Cc1nc(-c2cccc(-c3ccco3)c2)oc1C. The highest BCUT2D eigenvalue weighted by Gasteiger charge is 2.09. The Balaban J connectivity index is 2.06. The first-order chi connectivity index (χ1) is 8.74. The normalized spacial score (nSPS) is 10.8. The van der Waals surface area contributed by atoms with E-state index in [2.05, 4.69) is 4.98 Å². The number of rotatable bonds is 2. The van der Waals surface area contributed by atoms with Gasteiger partial charge in [0.2, 0.25) is 5.89 Å². The maximum absolute atomic E-state index is 5.63. The molecule has 1 aromatic carbocycles. The van der Waals surface area contributed by atoms with E-state index in [4.69, 9.17) is 8.83 Å². The monoisotopic (exact) mass is 239 g/mol. The van der Waals surface area contributed by atoms with Gasteiger partial charge in [0, 0.05) is 11.1 Å². The minimum Gasteiger partial charge on any atom is -0.464 e. The van der Waals surface area contributed by atoms with Crippen LogP contribution in [-0.4, -0.2) is 4.98 Å². The molecule has 2 heterocycles. The average Bonchev–Trinajstić information content (AvgIpc) is 3.01. The minimum atomic E-state index is 0.651. The van der Waals surface area contributed by atoms with Crippen LogP contribution in [0.3, 0.4) is 0 Å². The van der Waals surface area contributed by atoms with E-state index in [0.29, 0.717) is 5.89 Å². The first-order valence-corrected chi connectivity index (χ1v) is 5.82. The fourth-order valence-corrected chi connectivity index (χ4v) is 1.84. The lowest BCUT2D eigenvalue weighted by molar-refractivity contribution is 0.541. The molecule has 0 N–H and O–H groups in total. The molecule has 0 radical (unpaired) electrons. The zero-order valence-corrected chi connectivity index (χ0v) is 10.3. The van der Waals surface area contributed by atoms with Crippen molar-refractivity contribution in [1.82, 2.24) is 4.98 Å². The van der Waals surface area contributed by atoms with E-state index in [1.165, 1.54) is 0 Å². The first-order valence-electron chi connectivity index (χ1n) is 5.82. The first kappa shape index (κ1) is 10.8. The third kappa shape index (κ3) is 1.84. The molecule has 18 heavy (non-hydrogen) atoms. The van der Waals surface area contributed by atoms with E-state index < -0.39 is 0 Å². The lowest BCUT2D eigenvalue weighted by atomic mass is 10.1. The van der Waals surface area contributed by atoms with Gasteiger partial charge in [0.05, 0.1) is 12.0 Å². The molecule has 0 fully saturated rings. The lowest BCUT2D eigenvalue weighted by Crippen LogP contribution is -1.80. The van der Waals surface area contributed by atoms with E-state index in [9.17, 15) is 0 Å². The number of nitrogens with zero attached hydrogens (tertiary/aromatic N) is 1. The maximum atomic E-state index is 5.63. The van der Waals surface area contributed by atoms with Gasteiger partial charge >= 0.3 is 0 Å². The minimum absolute atomic E-state index is 0.651. The molecule has 0 amide bonds. The molecule has 0 saturated carbocycles. The second-order valence-corrected chi connectivity index (χ2v) is 4.22. The van der Waals surface area contributed by atoms with Gasteiger partial charge in [-0.15, -0.1) is 0 Å². The number of aryl methyl sites for hydroxylation is 2. The number of hydrogen-bond donors (Lipinski definition) is 0. The van der Waals surface area contributed by atoms with Crippen LogP contribution in [-0.2, 0) is 0 Å². The average molecular weight is 239 g/mol. The summed E-state index contributed by atoms with van der Waals surface area (Å²) in [5.74, 6) is 2.35. The topological polar surface area (TPSA) is 39.2 Å². The summed E-state index contributed by atoms with van der Waals surface area (Å²) in [7, 11) is 0. The van der Waals surface area contributed by atoms with Crippen molar-refractivity contribution >= 4 is 0 Å². The van der Waals surface area contributed by atoms with Crippen LogP contribution in [0.2, 0.25) is 0 Å². The predicted octanol–water partition coefficient (Wildman–Crippen LogP) is 4.22. The van der Waals surface area contributed by atoms with Crippen LogP contribution in [0.1, 0.15) is 11.5 Å². The molecule has 0 aliphatic carbocycles. The van der Waals surface area contributed by atoms with Gasteiger partial charge in [-0.25, -0.2) is 4.98 Å². The zero-order valence-electron chi connectivity index (χ0n) is 10.3. The standard InChI is InChI=1S/C15H13NO2/c1-10-11(2)18-15(16-10)13-6-3-5-12(9-13)14-7-4-8-17-14/h3-9H,1-2H3. The van der Waals surface area contributed by atoms with Gasteiger partial charge in [0.15, 0.2) is 0 Å². The van der Waals surface area contributed by atoms with E-state index in [-0.39, 0.29) is 0 Å². The number of benzene rings is 1. The van der Waals surface area contributed by atoms with Crippen molar-refractivity contribution in [3.05, 3.63) is 54.1 Å². The van der Waals surface area contributed by atoms with Crippen molar-refractivity contribution in [2.45, 2.75) is 13.8 Å². The van der Waals surface area contributed by atoms with Crippen molar-refractivity contribution in [2.75, 3.05) is 0 Å². The number of oxazole rings is 1. The van der Waals surface area contributed by atoms with Gasteiger partial charge in [0.1, 0.15) is 11.5 Å². The molecule has 0 spiro atoms. The fraction of sp³-hybridized carbons (Fsp3) is 0.133. The summed E-state index contributed by atoms with van der Waals surface area (Å²) in [6.07, 6.45) is 1.67. The molecule has 90 valence electrons. The molecule has 3 rings (SSSR count). The Morgan fingerprint density at radius 1 is 1.00 bits per heavy atom. The highest BCUT2D eigenvalue weighted by Crippen LogP contribution is 2.27. The zero-order chi connectivity index (χ0) is 12.5. The van der Waals surface area contributed by atoms with Crippen LogP contribution in [0, 0.1) is 13.8 Å². The van der Waals surface area contributed by atoms with Crippen LogP contribution in [0.25, 0.3) is 22.8 Å². The Morgan fingerprint density at radius 2 is 1.83 bits per heavy atom. The van der Waals surface area contributed by atoms with Crippen LogP contribution in [0.5, 0.6) is 0 Å². The largest absolute Gasteiger partial charge is 0.464 e. The van der Waals surface area contributed by atoms with Crippen LogP contribution in [0.4, 0.5) is 0 Å². The fourth-order valence-electron chi connectivity index (χ4n) is 1.84. The van der Waals surface area contributed by atoms with E-state index in [1.54, 1.807) is 6.26 Å². The third-order valence-electron chi connectivity index (χ3n) is 2.94. The van der Waals surface area contributed by atoms with Gasteiger partial charge in [-0.1, -0.05) is 12.1 Å². The molecule has 3 nitrogen and oxygen atoms in total. The molecule has 3 aromatic rings. The van der Waals surface area contributed by atoms with Gasteiger partial charge in [-0.3, -0.25) is 0 Å². The van der Waals surface area contributed by atoms with Gasteiger partial charge in [0.25, 0.3) is 0 Å². The summed E-state index contributed by atoms with van der Waals surface area (Å²) < 4.78 is 11.0. The van der Waals surface area contributed by atoms with Gasteiger partial charge < -0.3 is 8.83 Å². The molecule has 0 saturated heterocycles. The molecule has 3 heteroatoms. The van der Waals surface area contributed by atoms with Gasteiger partial charge in [-0.05, 0) is 38.1 Å². The second kappa shape index (κ2) is 4.18. The Labute approximate surface area is 105 Å². The Morgan fingerprint density at radius 3 is 2.50 bits per heavy atom. The van der Waals surface area contributed by atoms with Crippen LogP contribution in [0.15, 0.2) is 51.5 Å². The highest BCUT2D eigenvalue weighted by molar-refractivity contribution is 5.66. The van der Waals surface area contributed by atoms with E-state index in [0.717, 1.165) is 28.3 Å². The summed E-state index contributed by atoms with van der Waals surface area (Å²) in [4.78, 5) is 4.41.